The minimum atomic E-state index is 0.950. The molecule has 3 heteroatoms. The zero-order chi connectivity index (χ0) is 17.0. The van der Waals surface area contributed by atoms with Gasteiger partial charge in [0.25, 0.3) is 0 Å². The molecule has 0 unspecified atom stereocenters. The van der Waals surface area contributed by atoms with E-state index < -0.39 is 0 Å². The Hall–Kier alpha value is -1.90. The van der Waals surface area contributed by atoms with Gasteiger partial charge in [0.1, 0.15) is 5.82 Å². The van der Waals surface area contributed by atoms with Gasteiger partial charge in [-0.05, 0) is 37.0 Å². The van der Waals surface area contributed by atoms with Crippen molar-refractivity contribution in [3.63, 3.8) is 0 Å². The number of aromatic nitrogens is 2. The van der Waals surface area contributed by atoms with Crippen LogP contribution in [0.4, 0.5) is 11.4 Å². The molecule has 1 aromatic carbocycles. The molecule has 0 aliphatic carbocycles. The summed E-state index contributed by atoms with van der Waals surface area (Å²) in [5.74, 6) is 0.951. The highest BCUT2D eigenvalue weighted by Gasteiger charge is 2.00. The number of benzene rings is 1. The van der Waals surface area contributed by atoms with Crippen LogP contribution in [-0.2, 0) is 12.8 Å². The fraction of sp³-hybridized carbons (Fsp3) is 0.524. The van der Waals surface area contributed by atoms with Crippen molar-refractivity contribution in [3.8, 4) is 0 Å². The van der Waals surface area contributed by atoms with Crippen molar-refractivity contribution in [2.75, 3.05) is 5.32 Å². The van der Waals surface area contributed by atoms with Crippen molar-refractivity contribution in [1.29, 1.82) is 0 Å². The molecule has 0 amide bonds. The molecule has 0 aliphatic rings. The van der Waals surface area contributed by atoms with Crippen LogP contribution in [0, 0.1) is 0 Å². The number of nitrogens with zero attached hydrogens (tertiary/aromatic N) is 2. The zero-order valence-corrected chi connectivity index (χ0v) is 15.2. The Labute approximate surface area is 146 Å². The van der Waals surface area contributed by atoms with Crippen molar-refractivity contribution >= 4 is 11.4 Å². The van der Waals surface area contributed by atoms with E-state index in [1.165, 1.54) is 50.5 Å². The fourth-order valence-electron chi connectivity index (χ4n) is 2.74. The quantitative estimate of drug-likeness (QED) is 0.509. The molecular weight excluding hydrogens is 294 g/mol. The molecule has 1 heterocycles. The molecule has 0 spiro atoms. The first-order valence-corrected chi connectivity index (χ1v) is 9.48. The molecule has 130 valence electrons. The first kappa shape index (κ1) is 18.4. The highest BCUT2D eigenvalue weighted by molar-refractivity contribution is 5.58. The summed E-state index contributed by atoms with van der Waals surface area (Å²) in [6.45, 7) is 4.47. The van der Waals surface area contributed by atoms with Gasteiger partial charge in [-0.25, -0.2) is 9.97 Å². The molecule has 1 aromatic heterocycles. The Morgan fingerprint density at radius 2 is 1.38 bits per heavy atom. The number of unbranched alkanes of at least 4 members (excludes halogenated alkanes) is 5. The van der Waals surface area contributed by atoms with Gasteiger partial charge in [0, 0.05) is 12.1 Å². The number of nitrogens with one attached hydrogen (secondary N) is 1. The van der Waals surface area contributed by atoms with Crippen LogP contribution < -0.4 is 5.32 Å². The maximum atomic E-state index is 4.48. The smallest absolute Gasteiger partial charge is 0.128 e. The summed E-state index contributed by atoms with van der Waals surface area (Å²) in [5.41, 5.74) is 3.44. The second kappa shape index (κ2) is 10.8. The van der Waals surface area contributed by atoms with Crippen LogP contribution in [0.2, 0.25) is 0 Å². The minimum Gasteiger partial charge on any atom is -0.353 e. The fourth-order valence-corrected chi connectivity index (χ4v) is 2.74. The van der Waals surface area contributed by atoms with Crippen molar-refractivity contribution in [3.05, 3.63) is 48.0 Å². The van der Waals surface area contributed by atoms with Gasteiger partial charge in [-0.3, -0.25) is 0 Å². The van der Waals surface area contributed by atoms with E-state index in [-0.39, 0.29) is 0 Å². The van der Waals surface area contributed by atoms with E-state index in [4.69, 9.17) is 0 Å². The van der Waals surface area contributed by atoms with E-state index in [1.807, 2.05) is 12.4 Å². The minimum absolute atomic E-state index is 0.950. The molecule has 2 aromatic rings. The van der Waals surface area contributed by atoms with Gasteiger partial charge in [0.05, 0.1) is 18.1 Å². The lowest BCUT2D eigenvalue weighted by molar-refractivity contribution is 0.622. The van der Waals surface area contributed by atoms with Crippen molar-refractivity contribution < 1.29 is 0 Å². The summed E-state index contributed by atoms with van der Waals surface area (Å²) in [6, 6.07) is 8.66. The van der Waals surface area contributed by atoms with Gasteiger partial charge >= 0.3 is 0 Å². The molecule has 0 bridgehead atoms. The second-order valence-corrected chi connectivity index (χ2v) is 6.48. The Morgan fingerprint density at radius 1 is 0.708 bits per heavy atom. The molecule has 24 heavy (non-hydrogen) atoms. The number of anilines is 2. The largest absolute Gasteiger partial charge is 0.353 e. The highest BCUT2D eigenvalue weighted by Crippen LogP contribution is 2.17. The molecule has 1 N–H and O–H groups in total. The third-order valence-corrected chi connectivity index (χ3v) is 4.27. The van der Waals surface area contributed by atoms with Crippen LogP contribution in [0.5, 0.6) is 0 Å². The van der Waals surface area contributed by atoms with E-state index >= 15 is 0 Å². The molecule has 0 aliphatic heterocycles. The summed E-state index contributed by atoms with van der Waals surface area (Å²) >= 11 is 0. The maximum absolute atomic E-state index is 4.48. The Bertz CT molecular complexity index is 561. The van der Waals surface area contributed by atoms with Crippen molar-refractivity contribution in [2.45, 2.75) is 71.6 Å². The van der Waals surface area contributed by atoms with Crippen LogP contribution in [0.25, 0.3) is 0 Å². The molecule has 2 rings (SSSR count). The number of aryl methyl sites for hydroxylation is 2. The van der Waals surface area contributed by atoms with E-state index in [2.05, 4.69) is 53.4 Å². The van der Waals surface area contributed by atoms with E-state index in [1.54, 1.807) is 0 Å². The van der Waals surface area contributed by atoms with Crippen LogP contribution in [0.3, 0.4) is 0 Å². The van der Waals surface area contributed by atoms with Crippen LogP contribution >= 0.6 is 0 Å². The lowest BCUT2D eigenvalue weighted by Gasteiger charge is -2.08. The summed E-state index contributed by atoms with van der Waals surface area (Å²) in [4.78, 5) is 8.95. The van der Waals surface area contributed by atoms with Gasteiger partial charge < -0.3 is 5.32 Å². The molecule has 3 nitrogen and oxygen atoms in total. The van der Waals surface area contributed by atoms with Gasteiger partial charge in [-0.1, -0.05) is 58.1 Å². The topological polar surface area (TPSA) is 37.8 Å². The maximum Gasteiger partial charge on any atom is 0.128 e. The first-order chi connectivity index (χ1) is 11.8. The third kappa shape index (κ3) is 6.69. The average molecular weight is 326 g/mol. The normalized spacial score (nSPS) is 10.8. The number of hydrogen-bond acceptors (Lipinski definition) is 3. The molecule has 0 saturated carbocycles. The van der Waals surface area contributed by atoms with Crippen LogP contribution in [-0.4, -0.2) is 9.97 Å². The SMILES string of the molecule is CCCCCCCc1ncc(Nc2ccc(CCCC)cc2)cn1. The molecule has 0 fully saturated rings. The highest BCUT2D eigenvalue weighted by atomic mass is 14.9. The second-order valence-electron chi connectivity index (χ2n) is 6.48. The van der Waals surface area contributed by atoms with Gasteiger partial charge in [-0.15, -0.1) is 0 Å². The summed E-state index contributed by atoms with van der Waals surface area (Å²) in [5, 5.41) is 3.37. The molecular formula is C21H31N3. The molecule has 0 saturated heterocycles. The van der Waals surface area contributed by atoms with Gasteiger partial charge in [-0.2, -0.15) is 0 Å². The Balaban J connectivity index is 1.78. The Morgan fingerprint density at radius 3 is 2.04 bits per heavy atom. The van der Waals surface area contributed by atoms with Crippen LogP contribution in [0.15, 0.2) is 36.7 Å². The predicted molar refractivity (Wildman–Crippen MR) is 103 cm³/mol. The molecule has 0 radical (unpaired) electrons. The standard InChI is InChI=1S/C21H31N3/c1-3-5-7-8-9-11-21-22-16-20(17-23-21)24-19-14-12-18(13-15-19)10-6-4-2/h12-17,24H,3-11H2,1-2H3. The Kier molecular flexibility index (Phi) is 8.29. The number of hydrogen-bond donors (Lipinski definition) is 1. The number of rotatable bonds is 11. The van der Waals surface area contributed by atoms with E-state index in [9.17, 15) is 0 Å². The van der Waals surface area contributed by atoms with Crippen LogP contribution in [0.1, 0.15) is 70.2 Å². The molecule has 0 atom stereocenters. The summed E-state index contributed by atoms with van der Waals surface area (Å²) in [6.07, 6.45) is 14.8. The zero-order valence-electron chi connectivity index (χ0n) is 15.2. The third-order valence-electron chi connectivity index (χ3n) is 4.27. The van der Waals surface area contributed by atoms with Crippen molar-refractivity contribution in [2.24, 2.45) is 0 Å². The summed E-state index contributed by atoms with van der Waals surface area (Å²) < 4.78 is 0. The lowest BCUT2D eigenvalue weighted by Crippen LogP contribution is -1.98. The van der Waals surface area contributed by atoms with E-state index in [0.29, 0.717) is 0 Å². The predicted octanol–water partition coefficient (Wildman–Crippen LogP) is 6.08. The first-order valence-electron chi connectivity index (χ1n) is 9.48. The van der Waals surface area contributed by atoms with Gasteiger partial charge in [0.15, 0.2) is 0 Å². The van der Waals surface area contributed by atoms with Crippen molar-refractivity contribution in [1.82, 2.24) is 9.97 Å². The summed E-state index contributed by atoms with van der Waals surface area (Å²) in [7, 11) is 0. The van der Waals surface area contributed by atoms with Gasteiger partial charge in [0.2, 0.25) is 0 Å². The average Bonchev–Trinajstić information content (AvgIpc) is 2.62. The van der Waals surface area contributed by atoms with E-state index in [0.717, 1.165) is 30.0 Å². The lowest BCUT2D eigenvalue weighted by atomic mass is 10.1. The monoisotopic (exact) mass is 325 g/mol.